The molecule has 1 aliphatic heterocycles. The quantitative estimate of drug-likeness (QED) is 0.825. The Morgan fingerprint density at radius 3 is 2.65 bits per heavy atom. The van der Waals surface area contributed by atoms with Crippen molar-refractivity contribution in [3.8, 4) is 5.75 Å². The van der Waals surface area contributed by atoms with Gasteiger partial charge in [-0.3, -0.25) is 4.90 Å². The van der Waals surface area contributed by atoms with Crippen LogP contribution in [0, 0.1) is 0 Å². The maximum Gasteiger partial charge on any atom is 0.124 e. The minimum absolute atomic E-state index is 0.154. The Morgan fingerprint density at radius 2 is 2.00 bits per heavy atom. The molecular weight excluding hydrogens is 216 g/mol. The highest BCUT2D eigenvalue weighted by atomic mass is 16.5. The highest BCUT2D eigenvalue weighted by Crippen LogP contribution is 2.27. The van der Waals surface area contributed by atoms with Crippen molar-refractivity contribution in [2.75, 3.05) is 20.2 Å². The van der Waals surface area contributed by atoms with Gasteiger partial charge < -0.3 is 15.6 Å². The summed E-state index contributed by atoms with van der Waals surface area (Å²) in [7, 11) is 1.66. The van der Waals surface area contributed by atoms with Gasteiger partial charge >= 0.3 is 0 Å². The zero-order valence-corrected chi connectivity index (χ0v) is 10.2. The highest BCUT2D eigenvalue weighted by Gasteiger charge is 2.24. The number of aliphatic hydroxyl groups excluding tert-OH is 1. The van der Waals surface area contributed by atoms with E-state index in [-0.39, 0.29) is 12.3 Å². The van der Waals surface area contributed by atoms with Crippen LogP contribution in [0.5, 0.6) is 5.75 Å². The second-order valence-electron chi connectivity index (χ2n) is 4.45. The Kier molecular flexibility index (Phi) is 3.99. The summed E-state index contributed by atoms with van der Waals surface area (Å²) in [5.41, 5.74) is 7.26. The molecule has 0 amide bonds. The maximum absolute atomic E-state index is 9.49. The number of nitrogens with two attached hydrogens (primary N) is 1. The average molecular weight is 236 g/mol. The average Bonchev–Trinajstić information content (AvgIpc) is 2.39. The molecule has 3 N–H and O–H groups in total. The molecule has 1 unspecified atom stereocenters. The van der Waals surface area contributed by atoms with Gasteiger partial charge in [0.15, 0.2) is 0 Å². The van der Waals surface area contributed by atoms with Crippen LogP contribution in [0.1, 0.15) is 24.6 Å². The smallest absolute Gasteiger partial charge is 0.124 e. The van der Waals surface area contributed by atoms with Crippen LogP contribution in [0.15, 0.2) is 24.3 Å². The van der Waals surface area contributed by atoms with Crippen molar-refractivity contribution in [1.29, 1.82) is 0 Å². The lowest BCUT2D eigenvalue weighted by atomic mass is 10.0. The van der Waals surface area contributed by atoms with Crippen molar-refractivity contribution in [1.82, 2.24) is 4.90 Å². The third-order valence-electron chi connectivity index (χ3n) is 3.35. The van der Waals surface area contributed by atoms with Crippen molar-refractivity contribution in [3.05, 3.63) is 29.8 Å². The predicted molar refractivity (Wildman–Crippen MR) is 66.7 cm³/mol. The summed E-state index contributed by atoms with van der Waals surface area (Å²) < 4.78 is 5.32. The minimum atomic E-state index is -0.170. The molecule has 2 rings (SSSR count). The number of rotatable bonds is 3. The summed E-state index contributed by atoms with van der Waals surface area (Å²) in [6.07, 6.45) is 1.26. The van der Waals surface area contributed by atoms with Gasteiger partial charge in [0.25, 0.3) is 0 Å². The van der Waals surface area contributed by atoms with E-state index >= 15 is 0 Å². The van der Waals surface area contributed by atoms with E-state index in [9.17, 15) is 5.11 Å². The van der Waals surface area contributed by atoms with Crippen molar-refractivity contribution in [3.63, 3.8) is 0 Å². The zero-order chi connectivity index (χ0) is 12.3. The second-order valence-corrected chi connectivity index (χ2v) is 4.45. The zero-order valence-electron chi connectivity index (χ0n) is 10.2. The van der Waals surface area contributed by atoms with E-state index in [4.69, 9.17) is 10.5 Å². The number of methoxy groups -OCH3 is 1. The number of hydrogen-bond acceptors (Lipinski definition) is 4. The van der Waals surface area contributed by atoms with Crippen LogP contribution in [0.3, 0.4) is 0 Å². The first-order chi connectivity index (χ1) is 8.22. The summed E-state index contributed by atoms with van der Waals surface area (Å²) in [6, 6.07) is 7.83. The fourth-order valence-corrected chi connectivity index (χ4v) is 2.27. The minimum Gasteiger partial charge on any atom is -0.496 e. The van der Waals surface area contributed by atoms with Gasteiger partial charge in [-0.15, -0.1) is 0 Å². The standard InChI is InChI=1S/C13H20N2O2/c1-17-12-5-3-2-4-11(12)13(14)15-8-6-10(16)7-9-15/h2-5,10,13,16H,6-9,14H2,1H3. The molecule has 1 saturated heterocycles. The van der Waals surface area contributed by atoms with Crippen LogP contribution in [-0.4, -0.2) is 36.3 Å². The molecule has 0 saturated carbocycles. The van der Waals surface area contributed by atoms with Crippen LogP contribution in [0.2, 0.25) is 0 Å². The fourth-order valence-electron chi connectivity index (χ4n) is 2.27. The lowest BCUT2D eigenvalue weighted by molar-refractivity contribution is 0.0612. The summed E-state index contributed by atoms with van der Waals surface area (Å²) in [5, 5.41) is 9.49. The van der Waals surface area contributed by atoms with E-state index in [1.165, 1.54) is 0 Å². The molecule has 1 heterocycles. The van der Waals surface area contributed by atoms with Gasteiger partial charge in [0.2, 0.25) is 0 Å². The van der Waals surface area contributed by atoms with Gasteiger partial charge in [-0.1, -0.05) is 18.2 Å². The fraction of sp³-hybridized carbons (Fsp3) is 0.538. The molecule has 1 aromatic rings. The van der Waals surface area contributed by atoms with E-state index in [0.29, 0.717) is 0 Å². The summed E-state index contributed by atoms with van der Waals surface area (Å²) in [6.45, 7) is 1.67. The Bertz CT molecular complexity index is 362. The number of aliphatic hydroxyl groups is 1. The highest BCUT2D eigenvalue weighted by molar-refractivity contribution is 5.35. The van der Waals surface area contributed by atoms with Crippen LogP contribution >= 0.6 is 0 Å². The van der Waals surface area contributed by atoms with E-state index in [0.717, 1.165) is 37.2 Å². The SMILES string of the molecule is COc1ccccc1C(N)N1CCC(O)CC1. The predicted octanol–water partition coefficient (Wildman–Crippen LogP) is 1.11. The van der Waals surface area contributed by atoms with E-state index in [2.05, 4.69) is 4.90 Å². The van der Waals surface area contributed by atoms with Crippen molar-refractivity contribution >= 4 is 0 Å². The topological polar surface area (TPSA) is 58.7 Å². The van der Waals surface area contributed by atoms with Gasteiger partial charge in [-0.2, -0.15) is 0 Å². The number of nitrogens with zero attached hydrogens (tertiary/aromatic N) is 1. The first kappa shape index (κ1) is 12.4. The first-order valence-corrected chi connectivity index (χ1v) is 6.03. The normalized spacial score (nSPS) is 20.2. The summed E-state index contributed by atoms with van der Waals surface area (Å²) in [4.78, 5) is 2.19. The van der Waals surface area contributed by atoms with Gasteiger partial charge in [0, 0.05) is 18.7 Å². The second kappa shape index (κ2) is 5.49. The van der Waals surface area contributed by atoms with Crippen LogP contribution in [-0.2, 0) is 0 Å². The Morgan fingerprint density at radius 1 is 1.35 bits per heavy atom. The largest absolute Gasteiger partial charge is 0.496 e. The molecule has 1 fully saturated rings. The number of likely N-dealkylation sites (tertiary alicyclic amines) is 1. The molecule has 1 aromatic carbocycles. The lowest BCUT2D eigenvalue weighted by Crippen LogP contribution is -2.42. The Balaban J connectivity index is 2.10. The van der Waals surface area contributed by atoms with E-state index in [1.807, 2.05) is 24.3 Å². The molecule has 0 spiro atoms. The van der Waals surface area contributed by atoms with Crippen molar-refractivity contribution in [2.24, 2.45) is 5.73 Å². The molecule has 17 heavy (non-hydrogen) atoms. The monoisotopic (exact) mass is 236 g/mol. The molecule has 0 bridgehead atoms. The van der Waals surface area contributed by atoms with Gasteiger partial charge in [-0.05, 0) is 18.9 Å². The van der Waals surface area contributed by atoms with Gasteiger partial charge in [0.05, 0.1) is 19.4 Å². The third-order valence-corrected chi connectivity index (χ3v) is 3.35. The maximum atomic E-state index is 9.49. The molecule has 4 nitrogen and oxygen atoms in total. The van der Waals surface area contributed by atoms with Crippen molar-refractivity contribution in [2.45, 2.75) is 25.1 Å². The number of ether oxygens (including phenoxy) is 1. The lowest BCUT2D eigenvalue weighted by Gasteiger charge is -2.34. The van der Waals surface area contributed by atoms with Gasteiger partial charge in [0.1, 0.15) is 5.75 Å². The number of benzene rings is 1. The van der Waals surface area contributed by atoms with Crippen molar-refractivity contribution < 1.29 is 9.84 Å². The van der Waals surface area contributed by atoms with E-state index < -0.39 is 0 Å². The van der Waals surface area contributed by atoms with Crippen LogP contribution in [0.25, 0.3) is 0 Å². The molecule has 4 heteroatoms. The Labute approximate surface area is 102 Å². The number of hydrogen-bond donors (Lipinski definition) is 2. The summed E-state index contributed by atoms with van der Waals surface area (Å²) in [5.74, 6) is 0.825. The molecule has 94 valence electrons. The third kappa shape index (κ3) is 2.77. The first-order valence-electron chi connectivity index (χ1n) is 6.03. The van der Waals surface area contributed by atoms with Crippen LogP contribution < -0.4 is 10.5 Å². The molecule has 1 aliphatic rings. The number of para-hydroxylation sites is 1. The summed E-state index contributed by atoms with van der Waals surface area (Å²) >= 11 is 0. The molecular formula is C13H20N2O2. The molecule has 0 radical (unpaired) electrons. The molecule has 0 aliphatic carbocycles. The van der Waals surface area contributed by atoms with Gasteiger partial charge in [-0.25, -0.2) is 0 Å². The molecule has 0 aromatic heterocycles. The number of piperidine rings is 1. The molecule has 1 atom stereocenters. The Hall–Kier alpha value is -1.10. The van der Waals surface area contributed by atoms with E-state index in [1.54, 1.807) is 7.11 Å². The van der Waals surface area contributed by atoms with Crippen LogP contribution in [0.4, 0.5) is 0 Å².